The number of halogens is 3. The Hall–Kier alpha value is -1.72. The monoisotopic (exact) mass is 230 g/mol. The first-order valence-corrected chi connectivity index (χ1v) is 4.66. The molecule has 2 N–H and O–H groups in total. The largest absolute Gasteiger partial charge is 0.418 e. The first-order chi connectivity index (χ1) is 7.39. The lowest BCUT2D eigenvalue weighted by molar-refractivity contribution is -0.137. The molecular weight excluding hydrogens is 221 g/mol. The molecule has 1 heterocycles. The van der Waals surface area contributed by atoms with E-state index in [2.05, 4.69) is 0 Å². The Labute approximate surface area is 89.6 Å². The van der Waals surface area contributed by atoms with Crippen LogP contribution in [-0.4, -0.2) is 12.5 Å². The number of rotatable bonds is 1. The van der Waals surface area contributed by atoms with Crippen molar-refractivity contribution in [1.82, 2.24) is 0 Å². The maximum atomic E-state index is 12.7. The van der Waals surface area contributed by atoms with Gasteiger partial charge in [-0.1, -0.05) is 0 Å². The summed E-state index contributed by atoms with van der Waals surface area (Å²) in [6, 6.07) is 3.44. The number of alkyl halides is 3. The quantitative estimate of drug-likeness (QED) is 0.592. The summed E-state index contributed by atoms with van der Waals surface area (Å²) in [5, 5.41) is 0. The van der Waals surface area contributed by atoms with Crippen LogP contribution < -0.4 is 10.6 Å². The molecule has 0 atom stereocenters. The van der Waals surface area contributed by atoms with E-state index in [1.807, 2.05) is 0 Å². The summed E-state index contributed by atoms with van der Waals surface area (Å²) >= 11 is 0. The van der Waals surface area contributed by atoms with Gasteiger partial charge in [0.1, 0.15) is 0 Å². The molecule has 1 amide bonds. The van der Waals surface area contributed by atoms with Crippen LogP contribution in [0.2, 0.25) is 0 Å². The zero-order valence-corrected chi connectivity index (χ0v) is 8.21. The van der Waals surface area contributed by atoms with Gasteiger partial charge >= 0.3 is 6.18 Å². The molecule has 1 aliphatic rings. The molecule has 6 heteroatoms. The Kier molecular flexibility index (Phi) is 2.29. The normalized spacial score (nSPS) is 16.2. The number of hydrogen-bond acceptors (Lipinski definition) is 2. The summed E-state index contributed by atoms with van der Waals surface area (Å²) in [5.74, 6) is -0.296. The Morgan fingerprint density at radius 1 is 1.31 bits per heavy atom. The van der Waals surface area contributed by atoms with Crippen molar-refractivity contribution in [3.05, 3.63) is 23.8 Å². The van der Waals surface area contributed by atoms with Crippen LogP contribution in [0.15, 0.2) is 18.2 Å². The Morgan fingerprint density at radius 2 is 2.00 bits per heavy atom. The molecule has 0 aromatic heterocycles. The highest BCUT2D eigenvalue weighted by atomic mass is 19.4. The van der Waals surface area contributed by atoms with Crippen molar-refractivity contribution in [3.8, 4) is 0 Å². The summed E-state index contributed by atoms with van der Waals surface area (Å²) in [6.07, 6.45) is -4.21. The van der Waals surface area contributed by atoms with Gasteiger partial charge in [-0.05, 0) is 18.2 Å². The smallest absolute Gasteiger partial charge is 0.399 e. The molecule has 1 aromatic rings. The summed E-state index contributed by atoms with van der Waals surface area (Å²) < 4.78 is 38.0. The Morgan fingerprint density at radius 3 is 2.44 bits per heavy atom. The van der Waals surface area contributed by atoms with E-state index in [1.165, 1.54) is 12.1 Å². The molecule has 0 aliphatic carbocycles. The number of nitrogens with two attached hydrogens (primary N) is 1. The van der Waals surface area contributed by atoms with Gasteiger partial charge in [0.05, 0.1) is 11.3 Å². The topological polar surface area (TPSA) is 46.3 Å². The highest BCUT2D eigenvalue weighted by Crippen LogP contribution is 2.39. The predicted molar refractivity (Wildman–Crippen MR) is 52.8 cm³/mol. The number of nitrogens with zero attached hydrogens (tertiary/aromatic N) is 1. The first-order valence-electron chi connectivity index (χ1n) is 4.66. The van der Waals surface area contributed by atoms with E-state index in [1.54, 1.807) is 0 Å². The molecule has 0 spiro atoms. The first kappa shape index (κ1) is 10.8. The molecular formula is C10H9F3N2O. The third kappa shape index (κ3) is 1.70. The van der Waals surface area contributed by atoms with E-state index >= 15 is 0 Å². The molecule has 1 fully saturated rings. The molecule has 0 bridgehead atoms. The van der Waals surface area contributed by atoms with Gasteiger partial charge in [-0.2, -0.15) is 13.2 Å². The van der Waals surface area contributed by atoms with Crippen molar-refractivity contribution >= 4 is 17.3 Å². The maximum Gasteiger partial charge on any atom is 0.418 e. The number of carbonyl (C=O) groups excluding carboxylic acids is 1. The molecule has 86 valence electrons. The van der Waals surface area contributed by atoms with Crippen molar-refractivity contribution in [1.29, 1.82) is 0 Å². The second-order valence-corrected chi connectivity index (χ2v) is 3.57. The van der Waals surface area contributed by atoms with Crippen molar-refractivity contribution in [3.63, 3.8) is 0 Å². The summed E-state index contributed by atoms with van der Waals surface area (Å²) in [4.78, 5) is 12.2. The lowest BCUT2D eigenvalue weighted by Crippen LogP contribution is -2.44. The molecule has 3 nitrogen and oxygen atoms in total. The minimum Gasteiger partial charge on any atom is -0.399 e. The van der Waals surface area contributed by atoms with Crippen LogP contribution in [0.5, 0.6) is 0 Å². The molecule has 0 radical (unpaired) electrons. The second kappa shape index (κ2) is 3.40. The zero-order chi connectivity index (χ0) is 11.9. The lowest BCUT2D eigenvalue weighted by Gasteiger charge is -2.32. The average molecular weight is 230 g/mol. The number of β-lactam (4-membered cyclic amide) rings is 1. The minimum absolute atomic E-state index is 0.0315. The number of anilines is 2. The van der Waals surface area contributed by atoms with Gasteiger partial charge in [-0.3, -0.25) is 4.79 Å². The van der Waals surface area contributed by atoms with E-state index in [0.717, 1.165) is 11.0 Å². The number of hydrogen-bond donors (Lipinski definition) is 1. The number of nitrogen functional groups attached to an aromatic ring is 1. The molecule has 0 saturated carbocycles. The summed E-state index contributed by atoms with van der Waals surface area (Å²) in [6.45, 7) is 0.325. The van der Waals surface area contributed by atoms with Crippen LogP contribution in [0.1, 0.15) is 12.0 Å². The Balaban J connectivity index is 2.48. The predicted octanol–water partition coefficient (Wildman–Crippen LogP) is 2.02. The van der Waals surface area contributed by atoms with Crippen LogP contribution in [0.25, 0.3) is 0 Å². The third-order valence-corrected chi connectivity index (χ3v) is 2.47. The fraction of sp³-hybridized carbons (Fsp3) is 0.300. The van der Waals surface area contributed by atoms with Crippen LogP contribution in [0.3, 0.4) is 0 Å². The third-order valence-electron chi connectivity index (χ3n) is 2.47. The van der Waals surface area contributed by atoms with E-state index in [-0.39, 0.29) is 17.3 Å². The fourth-order valence-electron chi connectivity index (χ4n) is 1.59. The van der Waals surface area contributed by atoms with Crippen LogP contribution in [0, 0.1) is 0 Å². The molecule has 1 saturated heterocycles. The van der Waals surface area contributed by atoms with Crippen molar-refractivity contribution in [2.24, 2.45) is 0 Å². The summed E-state index contributed by atoms with van der Waals surface area (Å²) in [7, 11) is 0. The van der Waals surface area contributed by atoms with Crippen molar-refractivity contribution < 1.29 is 18.0 Å². The number of benzene rings is 1. The summed E-state index contributed by atoms with van der Waals surface area (Å²) in [5.41, 5.74) is 4.37. The van der Waals surface area contributed by atoms with Gasteiger partial charge in [0.15, 0.2) is 0 Å². The Bertz CT molecular complexity index is 442. The van der Waals surface area contributed by atoms with Crippen LogP contribution in [0.4, 0.5) is 24.5 Å². The van der Waals surface area contributed by atoms with Gasteiger partial charge in [0, 0.05) is 18.7 Å². The number of carbonyl (C=O) groups is 1. The van der Waals surface area contributed by atoms with Gasteiger partial charge in [0.25, 0.3) is 0 Å². The van der Waals surface area contributed by atoms with E-state index < -0.39 is 11.7 Å². The molecule has 1 aliphatic heterocycles. The maximum absolute atomic E-state index is 12.7. The van der Waals surface area contributed by atoms with Crippen LogP contribution in [-0.2, 0) is 11.0 Å². The average Bonchev–Trinajstić information content (AvgIpc) is 2.17. The number of amides is 1. The lowest BCUT2D eigenvalue weighted by atomic mass is 10.1. The van der Waals surface area contributed by atoms with Gasteiger partial charge in [-0.25, -0.2) is 0 Å². The van der Waals surface area contributed by atoms with E-state index in [9.17, 15) is 18.0 Å². The highest BCUT2D eigenvalue weighted by Gasteiger charge is 2.38. The molecule has 2 rings (SSSR count). The van der Waals surface area contributed by atoms with Crippen molar-refractivity contribution in [2.45, 2.75) is 12.6 Å². The van der Waals surface area contributed by atoms with Gasteiger partial charge < -0.3 is 10.6 Å². The van der Waals surface area contributed by atoms with E-state index in [4.69, 9.17) is 5.73 Å². The molecule has 0 unspecified atom stereocenters. The van der Waals surface area contributed by atoms with E-state index in [0.29, 0.717) is 13.0 Å². The standard InChI is InChI=1S/C10H9F3N2O/c11-10(12,13)7-5-6(14)1-2-8(7)15-4-3-9(15)16/h1-2,5H,3-4,14H2. The SMILES string of the molecule is Nc1ccc(N2CCC2=O)c(C(F)(F)F)c1. The second-order valence-electron chi connectivity index (χ2n) is 3.57. The highest BCUT2D eigenvalue weighted by molar-refractivity contribution is 6.00. The molecule has 16 heavy (non-hydrogen) atoms. The van der Waals surface area contributed by atoms with Crippen molar-refractivity contribution in [2.75, 3.05) is 17.2 Å². The van der Waals surface area contributed by atoms with Crippen LogP contribution >= 0.6 is 0 Å². The van der Waals surface area contributed by atoms with Gasteiger partial charge in [-0.15, -0.1) is 0 Å². The zero-order valence-electron chi connectivity index (χ0n) is 8.21. The fourth-order valence-corrected chi connectivity index (χ4v) is 1.59. The minimum atomic E-state index is -4.50. The van der Waals surface area contributed by atoms with Gasteiger partial charge in [0.2, 0.25) is 5.91 Å². The molecule has 1 aromatic carbocycles.